The summed E-state index contributed by atoms with van der Waals surface area (Å²) >= 11 is 0. The maximum Gasteiger partial charge on any atom is 0.126 e. The lowest BCUT2D eigenvalue weighted by atomic mass is 9.74. The van der Waals surface area contributed by atoms with Crippen LogP contribution in [0.3, 0.4) is 0 Å². The Kier molecular flexibility index (Phi) is 5.94. The van der Waals surface area contributed by atoms with E-state index in [4.69, 9.17) is 0 Å². The average Bonchev–Trinajstić information content (AvgIpc) is 2.52. The second-order valence-corrected chi connectivity index (χ2v) is 7.41. The van der Waals surface area contributed by atoms with E-state index in [-0.39, 0.29) is 23.5 Å². The highest BCUT2D eigenvalue weighted by Gasteiger charge is 2.35. The van der Waals surface area contributed by atoms with Crippen LogP contribution in [-0.2, 0) is 0 Å². The molecule has 1 aliphatic rings. The molecule has 0 aromatic heterocycles. The van der Waals surface area contributed by atoms with E-state index in [9.17, 15) is 14.6 Å². The molecule has 0 saturated heterocycles. The summed E-state index contributed by atoms with van der Waals surface area (Å²) < 4.78 is 13.5. The number of halogens is 1. The number of rotatable bonds is 5. The van der Waals surface area contributed by atoms with Gasteiger partial charge in [0.05, 0.1) is 6.10 Å². The third kappa shape index (κ3) is 3.74. The number of hydrogen-bond acceptors (Lipinski definition) is 3. The van der Waals surface area contributed by atoms with Gasteiger partial charge in [0.15, 0.2) is 0 Å². The standard InChI is InChI=1S/C21H30FNO2/c1-7-15-19(16-9-8-14(22)10-17(16)25)18(13(6)24)21(12(4)5)23-20(15)11(2)3/h8-13,19,23-25H,7H2,1-6H3/t13-,19+/m1/s1. The first-order valence-electron chi connectivity index (χ1n) is 9.09. The van der Waals surface area contributed by atoms with E-state index >= 15 is 0 Å². The second kappa shape index (κ2) is 7.61. The molecule has 0 unspecified atom stereocenters. The highest BCUT2D eigenvalue weighted by molar-refractivity contribution is 5.52. The lowest BCUT2D eigenvalue weighted by molar-refractivity contribution is 0.219. The summed E-state index contributed by atoms with van der Waals surface area (Å²) in [4.78, 5) is 0. The van der Waals surface area contributed by atoms with Gasteiger partial charge in [0.2, 0.25) is 0 Å². The maximum atomic E-state index is 13.5. The fraction of sp³-hybridized carbons (Fsp3) is 0.524. The van der Waals surface area contributed by atoms with Gasteiger partial charge in [-0.15, -0.1) is 0 Å². The van der Waals surface area contributed by atoms with Gasteiger partial charge < -0.3 is 15.5 Å². The predicted molar refractivity (Wildman–Crippen MR) is 99.6 cm³/mol. The van der Waals surface area contributed by atoms with Crippen molar-refractivity contribution in [2.75, 3.05) is 0 Å². The maximum absolute atomic E-state index is 13.5. The van der Waals surface area contributed by atoms with E-state index < -0.39 is 11.9 Å². The number of aliphatic hydroxyl groups excluding tert-OH is 1. The van der Waals surface area contributed by atoms with Gasteiger partial charge in [0.25, 0.3) is 0 Å². The van der Waals surface area contributed by atoms with Gasteiger partial charge in [-0.05, 0) is 42.4 Å². The Morgan fingerprint density at radius 2 is 1.68 bits per heavy atom. The normalized spacial score (nSPS) is 19.7. The topological polar surface area (TPSA) is 52.5 Å². The lowest BCUT2D eigenvalue weighted by Crippen LogP contribution is -2.34. The highest BCUT2D eigenvalue weighted by Crippen LogP contribution is 2.46. The van der Waals surface area contributed by atoms with E-state index in [0.29, 0.717) is 5.56 Å². The monoisotopic (exact) mass is 347 g/mol. The highest BCUT2D eigenvalue weighted by atomic mass is 19.1. The Balaban J connectivity index is 2.79. The van der Waals surface area contributed by atoms with Gasteiger partial charge in [-0.3, -0.25) is 0 Å². The van der Waals surface area contributed by atoms with Crippen molar-refractivity contribution in [3.63, 3.8) is 0 Å². The SMILES string of the molecule is CCC1=C(C(C)C)NC(C(C)C)=C([C@@H](C)O)[C@@H]1c1ccc(F)cc1O. The molecule has 2 rings (SSSR count). The summed E-state index contributed by atoms with van der Waals surface area (Å²) in [6.07, 6.45) is 0.110. The number of phenolic OH excluding ortho intramolecular Hbond substituents is 1. The van der Waals surface area contributed by atoms with Crippen LogP contribution in [0.5, 0.6) is 5.75 Å². The van der Waals surface area contributed by atoms with Crippen molar-refractivity contribution in [1.29, 1.82) is 0 Å². The molecule has 0 amide bonds. The molecule has 25 heavy (non-hydrogen) atoms. The Bertz CT molecular complexity index is 702. The van der Waals surface area contributed by atoms with Crippen LogP contribution < -0.4 is 5.32 Å². The van der Waals surface area contributed by atoms with Crippen molar-refractivity contribution < 1.29 is 14.6 Å². The van der Waals surface area contributed by atoms with Crippen molar-refractivity contribution in [3.05, 3.63) is 52.1 Å². The van der Waals surface area contributed by atoms with Gasteiger partial charge in [0, 0.05) is 28.9 Å². The minimum atomic E-state index is -0.672. The minimum Gasteiger partial charge on any atom is -0.508 e. The number of allylic oxidation sites excluding steroid dienone is 3. The number of aromatic hydroxyl groups is 1. The number of phenols is 1. The third-order valence-corrected chi connectivity index (χ3v) is 4.87. The smallest absolute Gasteiger partial charge is 0.126 e. The van der Waals surface area contributed by atoms with Gasteiger partial charge in [0.1, 0.15) is 11.6 Å². The molecule has 1 aromatic carbocycles. The molecular formula is C21H30FNO2. The van der Waals surface area contributed by atoms with Crippen LogP contribution in [0.2, 0.25) is 0 Å². The number of benzene rings is 1. The molecule has 1 aromatic rings. The zero-order chi connectivity index (χ0) is 18.9. The van der Waals surface area contributed by atoms with Gasteiger partial charge in [-0.25, -0.2) is 4.39 Å². The predicted octanol–water partition coefficient (Wildman–Crippen LogP) is 4.83. The zero-order valence-corrected chi connectivity index (χ0v) is 16.0. The molecule has 0 bridgehead atoms. The Morgan fingerprint density at radius 1 is 1.08 bits per heavy atom. The molecule has 0 fully saturated rings. The first-order chi connectivity index (χ1) is 11.7. The molecule has 3 N–H and O–H groups in total. The fourth-order valence-electron chi connectivity index (χ4n) is 3.77. The number of aliphatic hydroxyl groups is 1. The molecule has 4 heteroatoms. The van der Waals surface area contributed by atoms with Crippen molar-refractivity contribution in [2.24, 2.45) is 11.8 Å². The van der Waals surface area contributed by atoms with E-state index in [1.54, 1.807) is 13.0 Å². The van der Waals surface area contributed by atoms with Crippen LogP contribution in [-0.4, -0.2) is 16.3 Å². The number of nitrogens with one attached hydrogen (secondary N) is 1. The van der Waals surface area contributed by atoms with Crippen LogP contribution in [0.1, 0.15) is 59.4 Å². The molecule has 0 aliphatic carbocycles. The Hall–Kier alpha value is -1.81. The third-order valence-electron chi connectivity index (χ3n) is 4.87. The molecule has 0 radical (unpaired) electrons. The number of dihydropyridines is 1. The molecule has 1 heterocycles. The lowest BCUT2D eigenvalue weighted by Gasteiger charge is -2.38. The minimum absolute atomic E-state index is 0.0674. The summed E-state index contributed by atoms with van der Waals surface area (Å²) in [5.41, 5.74) is 4.76. The molecule has 0 saturated carbocycles. The molecule has 1 aliphatic heterocycles. The van der Waals surface area contributed by atoms with Crippen molar-refractivity contribution >= 4 is 0 Å². The summed E-state index contributed by atoms with van der Waals surface area (Å²) in [5, 5.41) is 24.5. The quantitative estimate of drug-likeness (QED) is 0.715. The van der Waals surface area contributed by atoms with Crippen LogP contribution in [0.25, 0.3) is 0 Å². The fourth-order valence-corrected chi connectivity index (χ4v) is 3.77. The zero-order valence-electron chi connectivity index (χ0n) is 16.0. The molecule has 0 spiro atoms. The van der Waals surface area contributed by atoms with Crippen LogP contribution >= 0.6 is 0 Å². The Morgan fingerprint density at radius 3 is 2.12 bits per heavy atom. The van der Waals surface area contributed by atoms with Gasteiger partial charge in [-0.1, -0.05) is 40.7 Å². The summed E-state index contributed by atoms with van der Waals surface area (Å²) in [7, 11) is 0. The van der Waals surface area contributed by atoms with E-state index in [2.05, 4.69) is 39.9 Å². The van der Waals surface area contributed by atoms with Crippen LogP contribution in [0, 0.1) is 17.7 Å². The first kappa shape index (κ1) is 19.5. The summed E-state index contributed by atoms with van der Waals surface area (Å²) in [6, 6.07) is 4.15. The van der Waals surface area contributed by atoms with Crippen molar-refractivity contribution in [1.82, 2.24) is 5.32 Å². The van der Waals surface area contributed by atoms with E-state index in [1.165, 1.54) is 6.07 Å². The Labute approximate surface area is 150 Å². The molecule has 2 atom stereocenters. The van der Waals surface area contributed by atoms with E-state index in [0.717, 1.165) is 35.0 Å². The van der Waals surface area contributed by atoms with Crippen LogP contribution in [0.15, 0.2) is 40.7 Å². The van der Waals surface area contributed by atoms with Crippen molar-refractivity contribution in [2.45, 2.75) is 60.0 Å². The summed E-state index contributed by atoms with van der Waals surface area (Å²) in [6.45, 7) is 12.3. The largest absolute Gasteiger partial charge is 0.508 e. The van der Waals surface area contributed by atoms with E-state index in [1.807, 2.05) is 0 Å². The molecular weight excluding hydrogens is 317 g/mol. The van der Waals surface area contributed by atoms with Crippen LogP contribution in [0.4, 0.5) is 4.39 Å². The molecule has 3 nitrogen and oxygen atoms in total. The van der Waals surface area contributed by atoms with Gasteiger partial charge >= 0.3 is 0 Å². The van der Waals surface area contributed by atoms with Crippen molar-refractivity contribution in [3.8, 4) is 5.75 Å². The molecule has 138 valence electrons. The summed E-state index contributed by atoms with van der Waals surface area (Å²) in [5.74, 6) is -0.303. The van der Waals surface area contributed by atoms with Gasteiger partial charge in [-0.2, -0.15) is 0 Å². The number of hydrogen-bond donors (Lipinski definition) is 3. The second-order valence-electron chi connectivity index (χ2n) is 7.41. The average molecular weight is 347 g/mol. The first-order valence-corrected chi connectivity index (χ1v) is 9.09.